The first kappa shape index (κ1) is 29.8. The fraction of sp³-hybridized carbons (Fsp3) is 0.387. The quantitative estimate of drug-likeness (QED) is 0.124. The van der Waals surface area contributed by atoms with Crippen molar-refractivity contribution in [3.05, 3.63) is 71.0 Å². The van der Waals surface area contributed by atoms with Crippen LogP contribution in [0.5, 0.6) is 0 Å². The van der Waals surface area contributed by atoms with E-state index in [0.29, 0.717) is 23.0 Å². The summed E-state index contributed by atoms with van der Waals surface area (Å²) in [5.74, 6) is 0.135. The Bertz CT molecular complexity index is 1310. The maximum absolute atomic E-state index is 12.3. The zero-order chi connectivity index (χ0) is 28.2. The Morgan fingerprint density at radius 1 is 0.750 bits per heavy atom. The molecule has 7 nitrogen and oxygen atoms in total. The summed E-state index contributed by atoms with van der Waals surface area (Å²) >= 11 is 12.3. The van der Waals surface area contributed by atoms with Crippen molar-refractivity contribution in [1.82, 2.24) is 20.2 Å². The summed E-state index contributed by atoms with van der Waals surface area (Å²) in [4.78, 5) is 23.5. The Morgan fingerprint density at radius 3 is 1.85 bits per heavy atom. The number of aromatic nitrogens is 2. The van der Waals surface area contributed by atoms with Gasteiger partial charge in [0.25, 0.3) is 0 Å². The number of benzene rings is 2. The average Bonchev–Trinajstić information content (AvgIpc) is 2.95. The Hall–Kier alpha value is -3.13. The van der Waals surface area contributed by atoms with Crippen LogP contribution in [0.2, 0.25) is 10.0 Å². The average molecular weight is 582 g/mol. The van der Waals surface area contributed by atoms with Crippen molar-refractivity contribution in [2.24, 2.45) is 0 Å². The van der Waals surface area contributed by atoms with Gasteiger partial charge in [0.1, 0.15) is 0 Å². The highest BCUT2D eigenvalue weighted by Gasteiger charge is 2.09. The largest absolute Gasteiger partial charge is 0.383 e. The molecule has 0 radical (unpaired) electrons. The molecular weight excluding hydrogens is 543 g/mol. The van der Waals surface area contributed by atoms with Crippen LogP contribution in [0.3, 0.4) is 0 Å². The number of halogens is 2. The third-order valence-electron chi connectivity index (χ3n) is 6.90. The standard InChI is InChI=1S/C31H38Cl2N6O/c1-2-3-4-5-6-31(40)38-17-20-39(18-15-36-27-11-13-34-29-21-23(32)7-9-25(27)29)19-16-37-28-12-14-35-30-22-24(33)8-10-26(28)30/h7-14,21-22H,2-6,15-20H2,1H3,(H,34,36)(H,35,37)(H,38,40). The number of unbranched alkanes of at least 4 members (excludes halogenated alkanes) is 3. The molecule has 40 heavy (non-hydrogen) atoms. The van der Waals surface area contributed by atoms with Gasteiger partial charge in [-0.05, 0) is 55.0 Å². The summed E-state index contributed by atoms with van der Waals surface area (Å²) in [6, 6.07) is 15.5. The van der Waals surface area contributed by atoms with Crippen LogP contribution in [0.25, 0.3) is 21.8 Å². The van der Waals surface area contributed by atoms with E-state index in [1.807, 2.05) is 48.5 Å². The molecule has 2 heterocycles. The maximum atomic E-state index is 12.3. The fourth-order valence-corrected chi connectivity index (χ4v) is 5.07. The summed E-state index contributed by atoms with van der Waals surface area (Å²) in [5.41, 5.74) is 3.79. The minimum Gasteiger partial charge on any atom is -0.383 e. The molecule has 0 saturated carbocycles. The van der Waals surface area contributed by atoms with Crippen LogP contribution in [0, 0.1) is 0 Å². The molecule has 0 aliphatic heterocycles. The summed E-state index contributed by atoms with van der Waals surface area (Å²) in [7, 11) is 0. The summed E-state index contributed by atoms with van der Waals surface area (Å²) < 4.78 is 0. The summed E-state index contributed by atoms with van der Waals surface area (Å²) in [5, 5.41) is 13.7. The van der Waals surface area contributed by atoms with E-state index in [0.717, 1.165) is 78.7 Å². The van der Waals surface area contributed by atoms with Gasteiger partial charge in [-0.15, -0.1) is 0 Å². The molecule has 2 aromatic heterocycles. The number of carbonyl (C=O) groups excluding carboxylic acids is 1. The van der Waals surface area contributed by atoms with E-state index in [1.165, 1.54) is 12.8 Å². The van der Waals surface area contributed by atoms with Gasteiger partial charge < -0.3 is 16.0 Å². The van der Waals surface area contributed by atoms with E-state index in [4.69, 9.17) is 23.2 Å². The van der Waals surface area contributed by atoms with Gasteiger partial charge >= 0.3 is 0 Å². The number of rotatable bonds is 16. The Morgan fingerprint density at radius 2 is 1.30 bits per heavy atom. The maximum Gasteiger partial charge on any atom is 0.220 e. The van der Waals surface area contributed by atoms with Crippen molar-refractivity contribution >= 4 is 62.3 Å². The van der Waals surface area contributed by atoms with Crippen LogP contribution in [0.1, 0.15) is 39.0 Å². The molecule has 0 atom stereocenters. The number of hydrogen-bond acceptors (Lipinski definition) is 6. The van der Waals surface area contributed by atoms with Gasteiger partial charge in [-0.1, -0.05) is 49.4 Å². The van der Waals surface area contributed by atoms with Crippen molar-refractivity contribution in [3.8, 4) is 0 Å². The smallest absolute Gasteiger partial charge is 0.220 e. The molecule has 0 unspecified atom stereocenters. The lowest BCUT2D eigenvalue weighted by molar-refractivity contribution is -0.121. The second-order valence-electron chi connectivity index (χ2n) is 9.90. The van der Waals surface area contributed by atoms with Crippen LogP contribution >= 0.6 is 23.2 Å². The van der Waals surface area contributed by atoms with Gasteiger partial charge in [0.15, 0.2) is 0 Å². The molecule has 0 bridgehead atoms. The van der Waals surface area contributed by atoms with E-state index in [2.05, 4.69) is 37.7 Å². The molecule has 0 spiro atoms. The number of anilines is 2. The lowest BCUT2D eigenvalue weighted by atomic mass is 10.1. The number of amides is 1. The van der Waals surface area contributed by atoms with Gasteiger partial charge in [0.05, 0.1) is 11.0 Å². The summed E-state index contributed by atoms with van der Waals surface area (Å²) in [6.07, 6.45) is 8.61. The molecule has 0 aliphatic carbocycles. The normalized spacial score (nSPS) is 11.3. The molecule has 4 rings (SSSR count). The SMILES string of the molecule is CCCCCCC(=O)NCCN(CCNc1ccnc2cc(Cl)ccc12)CCNc1ccnc2cc(Cl)ccc12. The van der Waals surface area contributed by atoms with Gasteiger partial charge in [-0.2, -0.15) is 0 Å². The third-order valence-corrected chi connectivity index (χ3v) is 7.37. The van der Waals surface area contributed by atoms with Crippen LogP contribution < -0.4 is 16.0 Å². The van der Waals surface area contributed by atoms with E-state index in [9.17, 15) is 4.79 Å². The number of nitrogens with zero attached hydrogens (tertiary/aromatic N) is 3. The number of nitrogens with one attached hydrogen (secondary N) is 3. The summed E-state index contributed by atoms with van der Waals surface area (Å²) in [6.45, 7) is 6.71. The highest BCUT2D eigenvalue weighted by Crippen LogP contribution is 2.25. The van der Waals surface area contributed by atoms with E-state index >= 15 is 0 Å². The van der Waals surface area contributed by atoms with E-state index in [1.54, 1.807) is 12.4 Å². The van der Waals surface area contributed by atoms with Crippen LogP contribution in [-0.4, -0.2) is 60.0 Å². The van der Waals surface area contributed by atoms with Crippen molar-refractivity contribution in [3.63, 3.8) is 0 Å². The number of hydrogen-bond donors (Lipinski definition) is 3. The fourth-order valence-electron chi connectivity index (χ4n) is 4.74. The van der Waals surface area contributed by atoms with Gasteiger partial charge in [0, 0.05) is 90.3 Å². The Labute approximate surface area is 246 Å². The molecular formula is C31H38Cl2N6O. The van der Waals surface area contributed by atoms with E-state index in [-0.39, 0.29) is 5.91 Å². The second kappa shape index (κ2) is 15.6. The number of fused-ring (bicyclic) bond motifs is 2. The first-order valence-electron chi connectivity index (χ1n) is 14.1. The van der Waals surface area contributed by atoms with Gasteiger partial charge in [0.2, 0.25) is 5.91 Å². The molecule has 0 aliphatic rings. The van der Waals surface area contributed by atoms with Crippen LogP contribution in [0.15, 0.2) is 60.9 Å². The molecule has 0 fully saturated rings. The predicted molar refractivity (Wildman–Crippen MR) is 169 cm³/mol. The molecule has 9 heteroatoms. The first-order chi connectivity index (χ1) is 19.5. The lowest BCUT2D eigenvalue weighted by Gasteiger charge is -2.24. The zero-order valence-corrected chi connectivity index (χ0v) is 24.6. The minimum absolute atomic E-state index is 0.135. The lowest BCUT2D eigenvalue weighted by Crippen LogP contribution is -2.39. The second-order valence-corrected chi connectivity index (χ2v) is 10.8. The zero-order valence-electron chi connectivity index (χ0n) is 23.1. The van der Waals surface area contributed by atoms with Crippen LogP contribution in [0.4, 0.5) is 11.4 Å². The van der Waals surface area contributed by atoms with Crippen molar-refractivity contribution in [1.29, 1.82) is 0 Å². The highest BCUT2D eigenvalue weighted by molar-refractivity contribution is 6.31. The molecule has 2 aromatic carbocycles. The third kappa shape index (κ3) is 8.95. The molecule has 0 saturated heterocycles. The molecule has 3 N–H and O–H groups in total. The predicted octanol–water partition coefficient (Wildman–Crippen LogP) is 7.00. The monoisotopic (exact) mass is 580 g/mol. The van der Waals surface area contributed by atoms with Crippen LogP contribution in [-0.2, 0) is 4.79 Å². The van der Waals surface area contributed by atoms with Crippen molar-refractivity contribution in [2.75, 3.05) is 49.9 Å². The minimum atomic E-state index is 0.135. The number of pyridine rings is 2. The molecule has 1 amide bonds. The Balaban J connectivity index is 1.33. The molecule has 4 aromatic rings. The van der Waals surface area contributed by atoms with Crippen molar-refractivity contribution in [2.45, 2.75) is 39.0 Å². The molecule has 212 valence electrons. The Kier molecular flexibility index (Phi) is 11.6. The van der Waals surface area contributed by atoms with E-state index < -0.39 is 0 Å². The van der Waals surface area contributed by atoms with Gasteiger partial charge in [-0.3, -0.25) is 19.7 Å². The first-order valence-corrected chi connectivity index (χ1v) is 14.8. The topological polar surface area (TPSA) is 82.2 Å². The van der Waals surface area contributed by atoms with Gasteiger partial charge in [-0.25, -0.2) is 0 Å². The highest BCUT2D eigenvalue weighted by atomic mass is 35.5. The number of carbonyl (C=O) groups is 1. The van der Waals surface area contributed by atoms with Crippen molar-refractivity contribution < 1.29 is 4.79 Å².